The molecule has 0 fully saturated rings. The maximum atomic E-state index is 12.6. The first kappa shape index (κ1) is 39.5. The number of aromatic carboxylic acids is 2. The summed E-state index contributed by atoms with van der Waals surface area (Å²) in [7, 11) is 0. The number of carbonyl (C=O) groups excluding carboxylic acids is 2. The number of nitrogens with one attached hydrogen (secondary N) is 2. The molecular formula is C38H22Cl3N3O10S2. The third-order valence-corrected chi connectivity index (χ3v) is 10.3. The van der Waals surface area contributed by atoms with Gasteiger partial charge in [0.2, 0.25) is 0 Å². The van der Waals surface area contributed by atoms with E-state index in [1.807, 2.05) is 0 Å². The van der Waals surface area contributed by atoms with Crippen LogP contribution in [0.2, 0.25) is 15.1 Å². The minimum absolute atomic E-state index is 0.0140. The molecule has 4 N–H and O–H groups in total. The van der Waals surface area contributed by atoms with Gasteiger partial charge in [0.25, 0.3) is 11.8 Å². The van der Waals surface area contributed by atoms with Crippen molar-refractivity contribution < 1.29 is 43.1 Å². The van der Waals surface area contributed by atoms with Crippen molar-refractivity contribution in [3.63, 3.8) is 0 Å². The molecule has 13 nitrogen and oxygen atoms in total. The van der Waals surface area contributed by atoms with Crippen molar-refractivity contribution in [1.82, 2.24) is 0 Å². The molecule has 0 aliphatic rings. The number of carbonyl (C=O) groups is 4. The number of carboxylic acids is 2. The van der Waals surface area contributed by atoms with E-state index in [4.69, 9.17) is 43.6 Å². The van der Waals surface area contributed by atoms with E-state index < -0.39 is 34.6 Å². The van der Waals surface area contributed by atoms with Crippen molar-refractivity contribution in [3.05, 3.63) is 156 Å². The summed E-state index contributed by atoms with van der Waals surface area (Å²) in [6.45, 7) is 0. The van der Waals surface area contributed by atoms with Crippen molar-refractivity contribution in [1.29, 1.82) is 0 Å². The minimum atomic E-state index is -1.23. The van der Waals surface area contributed by atoms with Gasteiger partial charge in [-0.2, -0.15) is 0 Å². The second kappa shape index (κ2) is 17.1. The molecule has 0 unspecified atom stereocenters. The maximum absolute atomic E-state index is 12.6. The summed E-state index contributed by atoms with van der Waals surface area (Å²) in [5.41, 5.74) is 2.92. The van der Waals surface area contributed by atoms with Crippen molar-refractivity contribution in [2.45, 2.75) is 0 Å². The number of hydrogen-bond acceptors (Lipinski definition) is 10. The van der Waals surface area contributed by atoms with Crippen LogP contribution in [0, 0.1) is 10.1 Å². The highest BCUT2D eigenvalue weighted by Gasteiger charge is 2.25. The fraction of sp³-hybridized carbons (Fsp3) is 0. The molecule has 56 heavy (non-hydrogen) atoms. The molecule has 4 heterocycles. The Morgan fingerprint density at radius 1 is 0.571 bits per heavy atom. The van der Waals surface area contributed by atoms with Gasteiger partial charge in [-0.15, -0.1) is 22.7 Å². The van der Waals surface area contributed by atoms with E-state index in [2.05, 4.69) is 10.6 Å². The number of anilines is 2. The van der Waals surface area contributed by atoms with E-state index in [0.717, 1.165) is 40.4 Å². The molecule has 0 atom stereocenters. The van der Waals surface area contributed by atoms with Crippen molar-refractivity contribution >= 4 is 97.1 Å². The molecule has 3 aromatic carbocycles. The molecule has 7 rings (SSSR count). The van der Waals surface area contributed by atoms with Gasteiger partial charge in [-0.25, -0.2) is 9.59 Å². The van der Waals surface area contributed by atoms with E-state index in [1.54, 1.807) is 89.6 Å². The van der Waals surface area contributed by atoms with E-state index in [9.17, 15) is 39.5 Å². The van der Waals surface area contributed by atoms with Gasteiger partial charge in [-0.05, 0) is 77.9 Å². The summed E-state index contributed by atoms with van der Waals surface area (Å²) in [5.74, 6) is -4.00. The SMILES string of the molecule is O=C(Nc1scc(-c2ccc(Cl)cc2)c1C(=O)O)c1ccc(-c2ccc(Cl)cc2)o1.O=C(Nc1scc(-c2ccc(Cl)cc2)c1C(=O)O)c1ccc([N+](=O)[O-])o1. The van der Waals surface area contributed by atoms with Crippen LogP contribution in [0.4, 0.5) is 15.9 Å². The lowest BCUT2D eigenvalue weighted by Crippen LogP contribution is -2.12. The monoisotopic (exact) mass is 849 g/mol. The topological polar surface area (TPSA) is 202 Å². The standard InChI is InChI=1S/C22H13Cl2NO4S.C16H9ClN2O6S/c23-14-5-1-12(2-6-14)16-11-30-21(19(16)22(27)28)25-20(26)18-10-9-17(29-18)13-3-7-15(24)8-4-13;17-9-3-1-8(2-4-9)10-7-26-15(13(10)16(21)22)18-14(20)11-5-6-12(25-11)19(23)24/h1-11H,(H,25,26)(H,27,28);1-7H,(H,18,20)(H,21,22). The zero-order valence-corrected chi connectivity index (χ0v) is 31.9. The van der Waals surface area contributed by atoms with Crippen LogP contribution in [0.3, 0.4) is 0 Å². The third kappa shape index (κ3) is 9.00. The van der Waals surface area contributed by atoms with Gasteiger partial charge in [0, 0.05) is 42.5 Å². The molecule has 282 valence electrons. The first-order chi connectivity index (χ1) is 26.8. The van der Waals surface area contributed by atoms with Crippen LogP contribution in [0.25, 0.3) is 33.6 Å². The molecule has 0 aliphatic heterocycles. The Morgan fingerprint density at radius 3 is 1.36 bits per heavy atom. The molecule has 0 saturated heterocycles. The van der Waals surface area contributed by atoms with E-state index in [-0.39, 0.29) is 32.6 Å². The Hall–Kier alpha value is -6.23. The molecule has 0 bridgehead atoms. The third-order valence-electron chi connectivity index (χ3n) is 7.73. The normalized spacial score (nSPS) is 10.6. The highest BCUT2D eigenvalue weighted by Crippen LogP contribution is 2.38. The molecule has 2 amide bonds. The number of benzene rings is 3. The molecule has 0 spiro atoms. The molecular weight excluding hydrogens is 829 g/mol. The smallest absolute Gasteiger partial charge is 0.433 e. The van der Waals surface area contributed by atoms with Gasteiger partial charge in [-0.3, -0.25) is 19.7 Å². The number of furan rings is 2. The average Bonchev–Trinajstić information content (AvgIpc) is 3.99. The number of carboxylic acid groups (broad SMARTS) is 2. The molecule has 18 heteroatoms. The van der Waals surface area contributed by atoms with E-state index in [1.165, 1.54) is 6.07 Å². The summed E-state index contributed by atoms with van der Waals surface area (Å²) in [6, 6.07) is 25.8. The summed E-state index contributed by atoms with van der Waals surface area (Å²) >= 11 is 19.8. The highest BCUT2D eigenvalue weighted by atomic mass is 35.5. The van der Waals surface area contributed by atoms with E-state index in [0.29, 0.717) is 43.1 Å². The van der Waals surface area contributed by atoms with Crippen molar-refractivity contribution in [3.8, 4) is 33.6 Å². The lowest BCUT2D eigenvalue weighted by Gasteiger charge is -2.05. The first-order valence-electron chi connectivity index (χ1n) is 15.7. The summed E-state index contributed by atoms with van der Waals surface area (Å²) in [6.07, 6.45) is 0. The number of nitrogens with zero attached hydrogens (tertiary/aromatic N) is 1. The lowest BCUT2D eigenvalue weighted by molar-refractivity contribution is -0.402. The second-order valence-electron chi connectivity index (χ2n) is 11.3. The molecule has 0 saturated carbocycles. The van der Waals surface area contributed by atoms with Gasteiger partial charge in [-0.1, -0.05) is 59.1 Å². The van der Waals surface area contributed by atoms with E-state index >= 15 is 0 Å². The summed E-state index contributed by atoms with van der Waals surface area (Å²) < 4.78 is 10.5. The number of nitro groups is 1. The van der Waals surface area contributed by atoms with Gasteiger partial charge >= 0.3 is 17.8 Å². The minimum Gasteiger partial charge on any atom is -0.478 e. The second-order valence-corrected chi connectivity index (χ2v) is 14.4. The zero-order valence-electron chi connectivity index (χ0n) is 28.0. The number of hydrogen-bond donors (Lipinski definition) is 4. The van der Waals surface area contributed by atoms with Crippen LogP contribution in [0.15, 0.2) is 117 Å². The number of thiophene rings is 2. The largest absolute Gasteiger partial charge is 0.478 e. The predicted octanol–water partition coefficient (Wildman–Crippen LogP) is 11.5. The Kier molecular flexibility index (Phi) is 12.0. The number of amides is 2. The van der Waals surface area contributed by atoms with Crippen LogP contribution in [-0.2, 0) is 0 Å². The quantitative estimate of drug-likeness (QED) is 0.0757. The fourth-order valence-corrected chi connectivity index (χ4v) is 7.41. The summed E-state index contributed by atoms with van der Waals surface area (Å²) in [5, 5.41) is 40.2. The lowest BCUT2D eigenvalue weighted by atomic mass is 10.0. The van der Waals surface area contributed by atoms with Gasteiger partial charge in [0.05, 0.1) is 6.07 Å². The van der Waals surface area contributed by atoms with Gasteiger partial charge in [0.1, 0.15) is 31.8 Å². The Morgan fingerprint density at radius 2 is 0.964 bits per heavy atom. The predicted molar refractivity (Wildman–Crippen MR) is 214 cm³/mol. The number of rotatable bonds is 10. The van der Waals surface area contributed by atoms with Crippen molar-refractivity contribution in [2.75, 3.05) is 10.6 Å². The zero-order chi connectivity index (χ0) is 40.1. The van der Waals surface area contributed by atoms with Crippen LogP contribution in [0.5, 0.6) is 0 Å². The Bertz CT molecular complexity index is 2590. The summed E-state index contributed by atoms with van der Waals surface area (Å²) in [4.78, 5) is 58.2. The molecule has 4 aromatic heterocycles. The van der Waals surface area contributed by atoms with Gasteiger partial charge in [0.15, 0.2) is 11.5 Å². The highest BCUT2D eigenvalue weighted by molar-refractivity contribution is 7.15. The molecule has 7 aromatic rings. The first-order valence-corrected chi connectivity index (χ1v) is 18.6. The van der Waals surface area contributed by atoms with Crippen molar-refractivity contribution in [2.24, 2.45) is 0 Å². The Balaban J connectivity index is 0.000000192. The average molecular weight is 851 g/mol. The molecule has 0 radical (unpaired) electrons. The molecule has 0 aliphatic carbocycles. The van der Waals surface area contributed by atoms with Crippen LogP contribution in [-0.4, -0.2) is 38.9 Å². The Labute approximate surface area is 338 Å². The fourth-order valence-electron chi connectivity index (χ4n) is 5.11. The maximum Gasteiger partial charge on any atom is 0.433 e. The van der Waals surface area contributed by atoms with Crippen LogP contribution in [0.1, 0.15) is 41.8 Å². The van der Waals surface area contributed by atoms with Gasteiger partial charge < -0.3 is 29.7 Å². The van der Waals surface area contributed by atoms with Crippen LogP contribution >= 0.6 is 57.5 Å². The van der Waals surface area contributed by atoms with Crippen LogP contribution < -0.4 is 10.6 Å². The number of halogens is 3.